The summed E-state index contributed by atoms with van der Waals surface area (Å²) in [5.74, 6) is -0.0352. The SMILES string of the molecule is O=Nc1cccc(C(=O)N2CCNCC2)c1. The molecule has 0 saturated carbocycles. The van der Waals surface area contributed by atoms with E-state index in [-0.39, 0.29) is 5.91 Å². The van der Waals surface area contributed by atoms with Gasteiger partial charge in [0.05, 0.1) is 0 Å². The minimum atomic E-state index is -0.0352. The minimum Gasteiger partial charge on any atom is -0.336 e. The number of hydrogen-bond acceptors (Lipinski definition) is 4. The van der Waals surface area contributed by atoms with Crippen LogP contribution in [0.3, 0.4) is 0 Å². The summed E-state index contributed by atoms with van der Waals surface area (Å²) in [6, 6.07) is 6.49. The molecule has 2 rings (SSSR count). The van der Waals surface area contributed by atoms with Crippen LogP contribution in [0.5, 0.6) is 0 Å². The summed E-state index contributed by atoms with van der Waals surface area (Å²) in [6.07, 6.45) is 0. The maximum absolute atomic E-state index is 12.0. The molecular weight excluding hydrogens is 206 g/mol. The van der Waals surface area contributed by atoms with Crippen LogP contribution in [-0.2, 0) is 0 Å². The Morgan fingerprint density at radius 1 is 1.31 bits per heavy atom. The van der Waals surface area contributed by atoms with Gasteiger partial charge in [-0.1, -0.05) is 6.07 Å². The molecule has 1 aliphatic rings. The summed E-state index contributed by atoms with van der Waals surface area (Å²) in [7, 11) is 0. The zero-order chi connectivity index (χ0) is 11.4. The molecule has 0 aliphatic carbocycles. The Balaban J connectivity index is 2.15. The van der Waals surface area contributed by atoms with Gasteiger partial charge in [0, 0.05) is 31.7 Å². The van der Waals surface area contributed by atoms with Crippen LogP contribution in [0.2, 0.25) is 0 Å². The molecule has 1 aliphatic heterocycles. The molecule has 0 bridgehead atoms. The van der Waals surface area contributed by atoms with E-state index in [1.807, 2.05) is 0 Å². The molecule has 0 aromatic heterocycles. The molecule has 1 aromatic carbocycles. The van der Waals surface area contributed by atoms with Gasteiger partial charge in [0.2, 0.25) is 0 Å². The Hall–Kier alpha value is -1.75. The van der Waals surface area contributed by atoms with Crippen LogP contribution in [-0.4, -0.2) is 37.0 Å². The molecule has 0 atom stereocenters. The highest BCUT2D eigenvalue weighted by molar-refractivity contribution is 5.95. The third kappa shape index (κ3) is 2.25. The second-order valence-corrected chi connectivity index (χ2v) is 3.68. The third-order valence-corrected chi connectivity index (χ3v) is 2.60. The number of nitroso groups, excluding NO2 is 1. The van der Waals surface area contributed by atoms with Crippen LogP contribution < -0.4 is 5.32 Å². The number of nitrogens with zero attached hydrogens (tertiary/aromatic N) is 2. The number of piperazine rings is 1. The van der Waals surface area contributed by atoms with E-state index in [1.165, 1.54) is 6.07 Å². The summed E-state index contributed by atoms with van der Waals surface area (Å²) >= 11 is 0. The summed E-state index contributed by atoms with van der Waals surface area (Å²) in [5.41, 5.74) is 0.819. The summed E-state index contributed by atoms with van der Waals surface area (Å²) in [4.78, 5) is 24.2. The molecule has 1 heterocycles. The van der Waals surface area contributed by atoms with E-state index in [4.69, 9.17) is 0 Å². The zero-order valence-corrected chi connectivity index (χ0v) is 8.85. The van der Waals surface area contributed by atoms with Crippen molar-refractivity contribution in [3.8, 4) is 0 Å². The first-order chi connectivity index (χ1) is 7.81. The second-order valence-electron chi connectivity index (χ2n) is 3.68. The predicted molar refractivity (Wildman–Crippen MR) is 60.7 cm³/mol. The van der Waals surface area contributed by atoms with Crippen LogP contribution in [0, 0.1) is 4.91 Å². The van der Waals surface area contributed by atoms with Gasteiger partial charge in [-0.15, -0.1) is 4.91 Å². The van der Waals surface area contributed by atoms with Gasteiger partial charge in [-0.3, -0.25) is 4.79 Å². The average molecular weight is 219 g/mol. The fraction of sp³-hybridized carbons (Fsp3) is 0.364. The van der Waals surface area contributed by atoms with Gasteiger partial charge in [-0.05, 0) is 23.4 Å². The molecule has 0 unspecified atom stereocenters. The van der Waals surface area contributed by atoms with Crippen LogP contribution >= 0.6 is 0 Å². The van der Waals surface area contributed by atoms with Gasteiger partial charge >= 0.3 is 0 Å². The van der Waals surface area contributed by atoms with Crippen molar-refractivity contribution in [1.82, 2.24) is 10.2 Å². The van der Waals surface area contributed by atoms with E-state index in [0.29, 0.717) is 24.3 Å². The Labute approximate surface area is 93.4 Å². The highest BCUT2D eigenvalue weighted by atomic mass is 16.3. The number of carbonyl (C=O) groups excluding carboxylic acids is 1. The number of benzene rings is 1. The van der Waals surface area contributed by atoms with E-state index in [1.54, 1.807) is 23.1 Å². The maximum atomic E-state index is 12.0. The molecule has 1 amide bonds. The summed E-state index contributed by atoms with van der Waals surface area (Å²) in [5, 5.41) is 6.01. The molecule has 1 N–H and O–H groups in total. The predicted octanol–water partition coefficient (Wildman–Crippen LogP) is 1.13. The van der Waals surface area contributed by atoms with Crippen LogP contribution in [0.1, 0.15) is 10.4 Å². The molecule has 84 valence electrons. The van der Waals surface area contributed by atoms with E-state index in [2.05, 4.69) is 10.5 Å². The molecule has 5 heteroatoms. The van der Waals surface area contributed by atoms with Gasteiger partial charge < -0.3 is 10.2 Å². The molecule has 1 saturated heterocycles. The summed E-state index contributed by atoms with van der Waals surface area (Å²) < 4.78 is 0. The monoisotopic (exact) mass is 219 g/mol. The second kappa shape index (κ2) is 4.85. The fourth-order valence-corrected chi connectivity index (χ4v) is 1.75. The molecule has 1 fully saturated rings. The van der Waals surface area contributed by atoms with Crippen molar-refractivity contribution >= 4 is 11.6 Å². The first kappa shape index (κ1) is 10.8. The lowest BCUT2D eigenvalue weighted by molar-refractivity contribution is 0.0736. The van der Waals surface area contributed by atoms with Gasteiger partial charge in [0.25, 0.3) is 5.91 Å². The smallest absolute Gasteiger partial charge is 0.254 e. The summed E-state index contributed by atoms with van der Waals surface area (Å²) in [6.45, 7) is 3.05. The van der Waals surface area contributed by atoms with Gasteiger partial charge in [0.1, 0.15) is 5.69 Å². The number of nitrogens with one attached hydrogen (secondary N) is 1. The standard InChI is InChI=1S/C11H13N3O2/c15-11(14-6-4-12-5-7-14)9-2-1-3-10(8-9)13-16/h1-3,8,12H,4-7H2. The number of hydrogen-bond donors (Lipinski definition) is 1. The largest absolute Gasteiger partial charge is 0.336 e. The van der Waals surface area contributed by atoms with E-state index in [9.17, 15) is 9.70 Å². The van der Waals surface area contributed by atoms with Crippen LogP contribution in [0.15, 0.2) is 29.4 Å². The minimum absolute atomic E-state index is 0.0352. The third-order valence-electron chi connectivity index (χ3n) is 2.60. The van der Waals surface area contributed by atoms with Crippen molar-refractivity contribution in [2.24, 2.45) is 5.18 Å². The first-order valence-electron chi connectivity index (χ1n) is 5.24. The number of rotatable bonds is 2. The molecule has 16 heavy (non-hydrogen) atoms. The van der Waals surface area contributed by atoms with Gasteiger partial charge in [0.15, 0.2) is 0 Å². The lowest BCUT2D eigenvalue weighted by atomic mass is 10.1. The number of amides is 1. The lowest BCUT2D eigenvalue weighted by Crippen LogP contribution is -2.46. The van der Waals surface area contributed by atoms with Crippen LogP contribution in [0.4, 0.5) is 5.69 Å². The zero-order valence-electron chi connectivity index (χ0n) is 8.85. The van der Waals surface area contributed by atoms with Gasteiger partial charge in [-0.25, -0.2) is 0 Å². The van der Waals surface area contributed by atoms with Gasteiger partial charge in [-0.2, -0.15) is 0 Å². The Morgan fingerprint density at radius 3 is 2.75 bits per heavy atom. The fourth-order valence-electron chi connectivity index (χ4n) is 1.75. The highest BCUT2D eigenvalue weighted by Gasteiger charge is 2.17. The average Bonchev–Trinajstić information content (AvgIpc) is 2.39. The lowest BCUT2D eigenvalue weighted by Gasteiger charge is -2.27. The van der Waals surface area contributed by atoms with Crippen molar-refractivity contribution in [2.45, 2.75) is 0 Å². The van der Waals surface area contributed by atoms with Crippen molar-refractivity contribution in [1.29, 1.82) is 0 Å². The van der Waals surface area contributed by atoms with Crippen molar-refractivity contribution in [3.63, 3.8) is 0 Å². The molecule has 0 radical (unpaired) electrons. The van der Waals surface area contributed by atoms with E-state index in [0.717, 1.165) is 13.1 Å². The Bertz CT molecular complexity index is 400. The van der Waals surface area contributed by atoms with Crippen molar-refractivity contribution < 1.29 is 4.79 Å². The van der Waals surface area contributed by atoms with E-state index >= 15 is 0 Å². The molecule has 1 aromatic rings. The quantitative estimate of drug-likeness (QED) is 0.758. The van der Waals surface area contributed by atoms with Crippen molar-refractivity contribution in [2.75, 3.05) is 26.2 Å². The normalized spacial score (nSPS) is 15.9. The number of carbonyl (C=O) groups is 1. The topological polar surface area (TPSA) is 61.8 Å². The Morgan fingerprint density at radius 2 is 2.06 bits per heavy atom. The van der Waals surface area contributed by atoms with E-state index < -0.39 is 0 Å². The Kier molecular flexibility index (Phi) is 3.26. The maximum Gasteiger partial charge on any atom is 0.254 e. The molecular formula is C11H13N3O2. The van der Waals surface area contributed by atoms with Crippen molar-refractivity contribution in [3.05, 3.63) is 34.7 Å². The first-order valence-corrected chi connectivity index (χ1v) is 5.24. The van der Waals surface area contributed by atoms with Crippen LogP contribution in [0.25, 0.3) is 0 Å². The molecule has 0 spiro atoms. The molecule has 5 nitrogen and oxygen atoms in total. The highest BCUT2D eigenvalue weighted by Crippen LogP contribution is 2.15.